The second-order valence-corrected chi connectivity index (χ2v) is 5.82. The van der Waals surface area contributed by atoms with Crippen LogP contribution in [0.3, 0.4) is 0 Å². The SMILES string of the molecule is CC(O)C12CC(CCC1C)C2(C)C. The maximum Gasteiger partial charge on any atom is 0.0576 e. The highest BCUT2D eigenvalue weighted by Crippen LogP contribution is 2.71. The maximum absolute atomic E-state index is 9.98. The molecule has 1 nitrogen and oxygen atoms in total. The van der Waals surface area contributed by atoms with Gasteiger partial charge in [-0.25, -0.2) is 0 Å². The van der Waals surface area contributed by atoms with E-state index in [-0.39, 0.29) is 11.5 Å². The molecule has 0 heterocycles. The number of hydrogen-bond donors (Lipinski definition) is 1. The number of rotatable bonds is 1. The molecule has 4 unspecified atom stereocenters. The van der Waals surface area contributed by atoms with Crippen LogP contribution in [-0.4, -0.2) is 11.2 Å². The molecule has 76 valence electrons. The quantitative estimate of drug-likeness (QED) is 0.661. The second kappa shape index (κ2) is 2.50. The lowest BCUT2D eigenvalue weighted by Gasteiger charge is -2.70. The van der Waals surface area contributed by atoms with Crippen LogP contribution in [0.15, 0.2) is 0 Å². The summed E-state index contributed by atoms with van der Waals surface area (Å²) in [5.74, 6) is 1.57. The van der Waals surface area contributed by atoms with Crippen LogP contribution < -0.4 is 0 Å². The van der Waals surface area contributed by atoms with Gasteiger partial charge >= 0.3 is 0 Å². The van der Waals surface area contributed by atoms with Gasteiger partial charge in [0, 0.05) is 5.41 Å². The van der Waals surface area contributed by atoms with Gasteiger partial charge in [-0.2, -0.15) is 0 Å². The molecule has 0 saturated heterocycles. The molecule has 1 heteroatoms. The molecule has 0 amide bonds. The van der Waals surface area contributed by atoms with E-state index in [1.54, 1.807) is 0 Å². The summed E-state index contributed by atoms with van der Waals surface area (Å²) in [6, 6.07) is 0. The molecule has 0 radical (unpaired) electrons. The Hall–Kier alpha value is -0.0400. The van der Waals surface area contributed by atoms with Crippen LogP contribution in [-0.2, 0) is 0 Å². The molecule has 0 spiro atoms. The molecule has 0 aromatic heterocycles. The summed E-state index contributed by atoms with van der Waals surface area (Å²) in [5.41, 5.74) is 0.606. The van der Waals surface area contributed by atoms with E-state index in [9.17, 15) is 5.11 Å². The van der Waals surface area contributed by atoms with Crippen molar-refractivity contribution in [1.82, 2.24) is 0 Å². The minimum absolute atomic E-state index is 0.131. The first-order valence-corrected chi connectivity index (χ1v) is 5.61. The van der Waals surface area contributed by atoms with Crippen molar-refractivity contribution < 1.29 is 5.11 Å². The molecule has 2 bridgehead atoms. The van der Waals surface area contributed by atoms with Gasteiger partial charge < -0.3 is 5.11 Å². The smallest absolute Gasteiger partial charge is 0.0576 e. The molecule has 3 aliphatic carbocycles. The van der Waals surface area contributed by atoms with E-state index in [0.29, 0.717) is 11.3 Å². The van der Waals surface area contributed by atoms with Crippen LogP contribution in [0.2, 0.25) is 0 Å². The molecule has 0 aromatic carbocycles. The molecule has 0 aliphatic heterocycles. The van der Waals surface area contributed by atoms with Crippen molar-refractivity contribution in [2.24, 2.45) is 22.7 Å². The Morgan fingerprint density at radius 2 is 1.92 bits per heavy atom. The highest BCUT2D eigenvalue weighted by atomic mass is 16.3. The van der Waals surface area contributed by atoms with Crippen molar-refractivity contribution in [3.63, 3.8) is 0 Å². The summed E-state index contributed by atoms with van der Waals surface area (Å²) in [6.07, 6.45) is 3.83. The Bertz CT molecular complexity index is 219. The Morgan fingerprint density at radius 1 is 1.31 bits per heavy atom. The van der Waals surface area contributed by atoms with Crippen LogP contribution >= 0.6 is 0 Å². The lowest BCUT2D eigenvalue weighted by Crippen LogP contribution is -2.66. The average Bonchev–Trinajstić information content (AvgIpc) is 2.02. The fourth-order valence-electron chi connectivity index (χ4n) is 4.30. The fraction of sp³-hybridized carbons (Fsp3) is 1.00. The second-order valence-electron chi connectivity index (χ2n) is 5.82. The van der Waals surface area contributed by atoms with Crippen LogP contribution in [0.1, 0.15) is 47.0 Å². The highest BCUT2D eigenvalue weighted by Gasteiger charge is 2.66. The first kappa shape index (κ1) is 9.51. The first-order chi connectivity index (χ1) is 5.93. The highest BCUT2D eigenvalue weighted by molar-refractivity contribution is 5.14. The van der Waals surface area contributed by atoms with E-state index in [2.05, 4.69) is 20.8 Å². The van der Waals surface area contributed by atoms with Crippen molar-refractivity contribution in [2.45, 2.75) is 53.1 Å². The zero-order valence-electron chi connectivity index (χ0n) is 9.30. The monoisotopic (exact) mass is 182 g/mol. The maximum atomic E-state index is 9.98. The minimum Gasteiger partial charge on any atom is -0.393 e. The minimum atomic E-state index is -0.131. The van der Waals surface area contributed by atoms with Crippen molar-refractivity contribution in [2.75, 3.05) is 0 Å². The number of aliphatic hydroxyl groups is 1. The first-order valence-electron chi connectivity index (χ1n) is 5.61. The summed E-state index contributed by atoms with van der Waals surface area (Å²) >= 11 is 0. The standard InChI is InChI=1S/C12H22O/c1-8-5-6-10-7-12(8,9(2)13)11(10,3)4/h8-10,13H,5-7H2,1-4H3. The predicted molar refractivity (Wildman–Crippen MR) is 54.4 cm³/mol. The van der Waals surface area contributed by atoms with Crippen LogP contribution in [0.4, 0.5) is 0 Å². The summed E-state index contributed by atoms with van der Waals surface area (Å²) in [6.45, 7) is 9.01. The third-order valence-corrected chi connectivity index (χ3v) is 5.38. The van der Waals surface area contributed by atoms with Crippen molar-refractivity contribution >= 4 is 0 Å². The molecule has 1 N–H and O–H groups in total. The van der Waals surface area contributed by atoms with Crippen LogP contribution in [0.5, 0.6) is 0 Å². The van der Waals surface area contributed by atoms with Crippen LogP contribution in [0, 0.1) is 22.7 Å². The molecule has 13 heavy (non-hydrogen) atoms. The van der Waals surface area contributed by atoms with E-state index in [0.717, 1.165) is 5.92 Å². The van der Waals surface area contributed by atoms with E-state index >= 15 is 0 Å². The van der Waals surface area contributed by atoms with Gasteiger partial charge in [0.05, 0.1) is 6.10 Å². The van der Waals surface area contributed by atoms with Gasteiger partial charge in [0.1, 0.15) is 0 Å². The molecule has 3 saturated carbocycles. The van der Waals surface area contributed by atoms with Crippen molar-refractivity contribution in [1.29, 1.82) is 0 Å². The van der Waals surface area contributed by atoms with Gasteiger partial charge in [-0.3, -0.25) is 0 Å². The molecule has 3 rings (SSSR count). The zero-order chi connectivity index (χ0) is 9.85. The summed E-state index contributed by atoms with van der Waals surface area (Å²) in [7, 11) is 0. The molecule has 4 atom stereocenters. The van der Waals surface area contributed by atoms with Crippen molar-refractivity contribution in [3.05, 3.63) is 0 Å². The topological polar surface area (TPSA) is 20.2 Å². The molecule has 3 aliphatic rings. The number of fused-ring (bicyclic) bond motifs is 2. The van der Waals surface area contributed by atoms with Crippen LogP contribution in [0.25, 0.3) is 0 Å². The Labute approximate surface area is 81.5 Å². The van der Waals surface area contributed by atoms with Gasteiger partial charge in [0.2, 0.25) is 0 Å². The van der Waals surface area contributed by atoms with Crippen molar-refractivity contribution in [3.8, 4) is 0 Å². The molecular formula is C12H22O. The van der Waals surface area contributed by atoms with E-state index in [4.69, 9.17) is 0 Å². The zero-order valence-corrected chi connectivity index (χ0v) is 9.30. The van der Waals surface area contributed by atoms with Gasteiger partial charge in [0.15, 0.2) is 0 Å². The van der Waals surface area contributed by atoms with E-state index in [1.165, 1.54) is 19.3 Å². The average molecular weight is 182 g/mol. The molecule has 3 fully saturated rings. The number of aliphatic hydroxyl groups excluding tert-OH is 1. The Kier molecular flexibility index (Phi) is 1.83. The van der Waals surface area contributed by atoms with Gasteiger partial charge in [-0.05, 0) is 43.4 Å². The summed E-state index contributed by atoms with van der Waals surface area (Å²) in [5, 5.41) is 9.98. The third-order valence-electron chi connectivity index (χ3n) is 5.38. The normalized spacial score (nSPS) is 49.6. The fourth-order valence-corrected chi connectivity index (χ4v) is 4.30. The number of hydrogen-bond acceptors (Lipinski definition) is 1. The predicted octanol–water partition coefficient (Wildman–Crippen LogP) is 2.83. The largest absolute Gasteiger partial charge is 0.393 e. The Balaban J connectivity index is 2.34. The lowest BCUT2D eigenvalue weighted by atomic mass is 9.35. The van der Waals surface area contributed by atoms with Gasteiger partial charge in [-0.1, -0.05) is 20.8 Å². The van der Waals surface area contributed by atoms with Gasteiger partial charge in [-0.15, -0.1) is 0 Å². The van der Waals surface area contributed by atoms with Gasteiger partial charge in [0.25, 0.3) is 0 Å². The molecule has 0 aromatic rings. The Morgan fingerprint density at radius 3 is 2.23 bits per heavy atom. The van der Waals surface area contributed by atoms with E-state index < -0.39 is 0 Å². The third kappa shape index (κ3) is 0.869. The summed E-state index contributed by atoms with van der Waals surface area (Å²) in [4.78, 5) is 0. The lowest BCUT2D eigenvalue weighted by molar-refractivity contribution is -0.241. The molecular weight excluding hydrogens is 160 g/mol. The summed E-state index contributed by atoms with van der Waals surface area (Å²) < 4.78 is 0. The van der Waals surface area contributed by atoms with E-state index in [1.807, 2.05) is 6.92 Å².